The van der Waals surface area contributed by atoms with E-state index in [0.717, 1.165) is 30.7 Å². The number of hydrogen-bond acceptors (Lipinski definition) is 4. The van der Waals surface area contributed by atoms with Gasteiger partial charge in [-0.05, 0) is 78.9 Å². The third kappa shape index (κ3) is 4.58. The van der Waals surface area contributed by atoms with Crippen molar-refractivity contribution in [3.05, 3.63) is 70.1 Å². The van der Waals surface area contributed by atoms with Crippen LogP contribution in [-0.2, 0) is 0 Å². The first-order valence-electron chi connectivity index (χ1n) is 9.35. The molecular weight excluding hydrogens is 324 g/mol. The first-order chi connectivity index (χ1) is 12.8. The zero-order chi connectivity index (χ0) is 18.2. The highest BCUT2D eigenvalue weighted by Crippen LogP contribution is 2.36. The van der Waals surface area contributed by atoms with Crippen molar-refractivity contribution in [2.24, 2.45) is 5.18 Å². The number of likely N-dealkylation sites (N-methyl/N-ethyl adjacent to an activating group) is 1. The number of hydrogen-bond donors (Lipinski definition) is 1. The molecule has 2 aromatic rings. The van der Waals surface area contributed by atoms with Crippen LogP contribution in [0.5, 0.6) is 5.75 Å². The second kappa shape index (κ2) is 9.30. The van der Waals surface area contributed by atoms with Gasteiger partial charge < -0.3 is 10.1 Å². The van der Waals surface area contributed by atoms with Crippen LogP contribution in [0.2, 0.25) is 0 Å². The average Bonchev–Trinajstić information content (AvgIpc) is 2.71. The molecule has 0 amide bonds. The van der Waals surface area contributed by atoms with E-state index >= 15 is 0 Å². The number of ether oxygens (including phenoxy) is 1. The predicted molar refractivity (Wildman–Crippen MR) is 107 cm³/mol. The molecule has 136 valence electrons. The fourth-order valence-electron chi connectivity index (χ4n) is 3.48. The van der Waals surface area contributed by atoms with Gasteiger partial charge in [0.1, 0.15) is 18.0 Å². The van der Waals surface area contributed by atoms with Crippen LogP contribution in [0.15, 0.2) is 59.3 Å². The van der Waals surface area contributed by atoms with Crippen LogP contribution >= 0.6 is 0 Å². The highest BCUT2D eigenvalue weighted by molar-refractivity contribution is 5.82. The second-order valence-electron chi connectivity index (χ2n) is 6.65. The van der Waals surface area contributed by atoms with Crippen LogP contribution in [-0.4, -0.2) is 20.2 Å². The smallest absolute Gasteiger partial charge is 0.119 e. The van der Waals surface area contributed by atoms with Gasteiger partial charge in [-0.15, -0.1) is 4.91 Å². The second-order valence-corrected chi connectivity index (χ2v) is 6.65. The largest absolute Gasteiger partial charge is 0.492 e. The molecule has 4 nitrogen and oxygen atoms in total. The monoisotopic (exact) mass is 350 g/mol. The van der Waals surface area contributed by atoms with E-state index in [1.807, 2.05) is 31.3 Å². The van der Waals surface area contributed by atoms with Gasteiger partial charge in [0.2, 0.25) is 0 Å². The molecule has 3 rings (SSSR count). The molecule has 1 fully saturated rings. The third-order valence-electron chi connectivity index (χ3n) is 4.84. The molecular formula is C22H26N2O2. The van der Waals surface area contributed by atoms with E-state index in [-0.39, 0.29) is 0 Å². The van der Waals surface area contributed by atoms with E-state index in [1.165, 1.54) is 36.0 Å². The van der Waals surface area contributed by atoms with Crippen LogP contribution in [0.25, 0.3) is 5.57 Å². The van der Waals surface area contributed by atoms with E-state index in [1.54, 1.807) is 12.1 Å². The van der Waals surface area contributed by atoms with E-state index in [0.29, 0.717) is 12.3 Å². The zero-order valence-corrected chi connectivity index (χ0v) is 15.3. The summed E-state index contributed by atoms with van der Waals surface area (Å²) in [5, 5.41) is 6.09. The maximum Gasteiger partial charge on any atom is 0.119 e. The summed E-state index contributed by atoms with van der Waals surface area (Å²) in [5.74, 6) is 0.887. The Morgan fingerprint density at radius 2 is 1.58 bits per heavy atom. The number of benzene rings is 2. The molecule has 0 radical (unpaired) electrons. The Morgan fingerprint density at radius 1 is 0.962 bits per heavy atom. The molecule has 1 N–H and O–H groups in total. The average molecular weight is 350 g/mol. The summed E-state index contributed by atoms with van der Waals surface area (Å²) in [5.41, 5.74) is 5.62. The van der Waals surface area contributed by atoms with Crippen LogP contribution in [0.1, 0.15) is 43.2 Å². The zero-order valence-electron chi connectivity index (χ0n) is 15.3. The lowest BCUT2D eigenvalue weighted by Gasteiger charge is -2.20. The molecule has 0 spiro atoms. The van der Waals surface area contributed by atoms with Gasteiger partial charge in [0.05, 0.1) is 0 Å². The molecule has 1 aliphatic rings. The molecule has 26 heavy (non-hydrogen) atoms. The van der Waals surface area contributed by atoms with Crippen molar-refractivity contribution < 1.29 is 4.74 Å². The van der Waals surface area contributed by atoms with Crippen molar-refractivity contribution in [3.8, 4) is 5.75 Å². The molecule has 0 heterocycles. The molecule has 0 unspecified atom stereocenters. The molecule has 1 aliphatic carbocycles. The first kappa shape index (κ1) is 18.3. The minimum Gasteiger partial charge on any atom is -0.492 e. The molecule has 2 aromatic carbocycles. The topological polar surface area (TPSA) is 50.7 Å². The van der Waals surface area contributed by atoms with Gasteiger partial charge >= 0.3 is 0 Å². The lowest BCUT2D eigenvalue weighted by molar-refractivity contribution is 0.318. The molecule has 0 bridgehead atoms. The van der Waals surface area contributed by atoms with Gasteiger partial charge in [0, 0.05) is 6.54 Å². The van der Waals surface area contributed by atoms with E-state index in [4.69, 9.17) is 4.74 Å². The lowest BCUT2D eigenvalue weighted by Crippen LogP contribution is -2.15. The number of rotatable bonds is 7. The minimum absolute atomic E-state index is 0.468. The standard InChI is InChI=1S/C22H26N2O2/c1-23-15-16-26-21-13-9-19(10-14-21)22(17-5-3-2-4-6-17)18-7-11-20(24-25)12-8-18/h7-14,23H,2-6,15-16H2,1H3. The number of nitrogens with zero attached hydrogens (tertiary/aromatic N) is 1. The maximum atomic E-state index is 10.7. The Bertz CT molecular complexity index is 741. The molecule has 0 saturated heterocycles. The molecule has 0 atom stereocenters. The summed E-state index contributed by atoms with van der Waals surface area (Å²) >= 11 is 0. The van der Waals surface area contributed by atoms with Gasteiger partial charge in [-0.2, -0.15) is 0 Å². The predicted octanol–water partition coefficient (Wildman–Crippen LogP) is 5.45. The third-order valence-corrected chi connectivity index (χ3v) is 4.84. The van der Waals surface area contributed by atoms with Crippen molar-refractivity contribution in [3.63, 3.8) is 0 Å². The fraction of sp³-hybridized carbons (Fsp3) is 0.364. The summed E-state index contributed by atoms with van der Waals surface area (Å²) in [6.45, 7) is 1.48. The first-order valence-corrected chi connectivity index (χ1v) is 9.35. The van der Waals surface area contributed by atoms with Crippen molar-refractivity contribution in [1.29, 1.82) is 0 Å². The minimum atomic E-state index is 0.468. The highest BCUT2D eigenvalue weighted by Gasteiger charge is 2.15. The highest BCUT2D eigenvalue weighted by atomic mass is 16.5. The van der Waals surface area contributed by atoms with Gasteiger partial charge in [-0.1, -0.05) is 36.3 Å². The summed E-state index contributed by atoms with van der Waals surface area (Å²) in [6, 6.07) is 15.9. The Morgan fingerprint density at radius 3 is 2.15 bits per heavy atom. The van der Waals surface area contributed by atoms with Gasteiger partial charge in [0.15, 0.2) is 0 Å². The van der Waals surface area contributed by atoms with Crippen LogP contribution in [0, 0.1) is 4.91 Å². The van der Waals surface area contributed by atoms with Crippen LogP contribution in [0.3, 0.4) is 0 Å². The van der Waals surface area contributed by atoms with Gasteiger partial charge in [-0.3, -0.25) is 0 Å². The summed E-state index contributed by atoms with van der Waals surface area (Å²) < 4.78 is 5.74. The maximum absolute atomic E-state index is 10.7. The number of nitrogens with one attached hydrogen (secondary N) is 1. The van der Waals surface area contributed by atoms with Crippen molar-refractivity contribution in [2.45, 2.75) is 32.1 Å². The summed E-state index contributed by atoms with van der Waals surface area (Å²) in [7, 11) is 1.92. The summed E-state index contributed by atoms with van der Waals surface area (Å²) in [4.78, 5) is 10.7. The molecule has 0 aliphatic heterocycles. The molecule has 1 saturated carbocycles. The van der Waals surface area contributed by atoms with Crippen LogP contribution < -0.4 is 10.1 Å². The Labute approximate surface area is 155 Å². The Hall–Kier alpha value is -2.46. The van der Waals surface area contributed by atoms with E-state index < -0.39 is 0 Å². The van der Waals surface area contributed by atoms with Crippen molar-refractivity contribution in [1.82, 2.24) is 5.32 Å². The number of nitroso groups, excluding NO2 is 1. The van der Waals surface area contributed by atoms with Crippen LogP contribution in [0.4, 0.5) is 5.69 Å². The summed E-state index contributed by atoms with van der Waals surface area (Å²) in [6.07, 6.45) is 6.09. The molecule has 0 aromatic heterocycles. The van der Waals surface area contributed by atoms with Gasteiger partial charge in [-0.25, -0.2) is 0 Å². The van der Waals surface area contributed by atoms with E-state index in [9.17, 15) is 4.91 Å². The lowest BCUT2D eigenvalue weighted by atomic mass is 9.85. The SMILES string of the molecule is CNCCOc1ccc(C(=C2CCCCC2)c2ccc(N=O)cc2)cc1. The van der Waals surface area contributed by atoms with Crippen molar-refractivity contribution in [2.75, 3.05) is 20.2 Å². The van der Waals surface area contributed by atoms with E-state index in [2.05, 4.69) is 22.6 Å². The normalized spacial score (nSPS) is 14.1. The quantitative estimate of drug-likeness (QED) is 0.534. The Kier molecular flexibility index (Phi) is 6.56. The van der Waals surface area contributed by atoms with Crippen molar-refractivity contribution >= 4 is 11.3 Å². The Balaban J connectivity index is 1.91. The molecule has 4 heteroatoms. The van der Waals surface area contributed by atoms with Gasteiger partial charge in [0.25, 0.3) is 0 Å². The number of allylic oxidation sites excluding steroid dienone is 1. The fourth-order valence-corrected chi connectivity index (χ4v) is 3.48.